The minimum absolute atomic E-state index is 0.0824. The Balaban J connectivity index is 2.41. The number of piperazine rings is 1. The molecule has 1 saturated heterocycles. The van der Waals surface area contributed by atoms with Gasteiger partial charge in [0.25, 0.3) is 0 Å². The van der Waals surface area contributed by atoms with E-state index in [1.807, 2.05) is 39.8 Å². The van der Waals surface area contributed by atoms with E-state index in [0.717, 1.165) is 37.4 Å². The van der Waals surface area contributed by atoms with Crippen LogP contribution in [-0.2, 0) is 16.0 Å². The molecule has 1 aliphatic rings. The second-order valence-corrected chi connectivity index (χ2v) is 7.60. The van der Waals surface area contributed by atoms with Gasteiger partial charge in [-0.15, -0.1) is 0 Å². The Hall–Kier alpha value is -2.28. The molecule has 0 aromatic heterocycles. The van der Waals surface area contributed by atoms with Crippen LogP contribution in [0.15, 0.2) is 12.1 Å². The zero-order valence-corrected chi connectivity index (χ0v) is 16.3. The molecule has 1 heterocycles. The third kappa shape index (κ3) is 5.11. The molecule has 2 rings (SSSR count). The number of hydrogen-bond donors (Lipinski definition) is 2. The molecule has 1 fully saturated rings. The second-order valence-electron chi connectivity index (χ2n) is 7.60. The SMILES string of the molecule is Cc1c(CC(=O)O)cc(N2CCNCC2)cc1N(C)C(=O)OC(C)(C)C. The molecule has 0 atom stereocenters. The van der Waals surface area contributed by atoms with Crippen molar-refractivity contribution < 1.29 is 19.4 Å². The highest BCUT2D eigenvalue weighted by molar-refractivity contribution is 5.90. The summed E-state index contributed by atoms with van der Waals surface area (Å²) in [5.74, 6) is -0.892. The van der Waals surface area contributed by atoms with Crippen molar-refractivity contribution in [2.24, 2.45) is 0 Å². The van der Waals surface area contributed by atoms with Crippen molar-refractivity contribution in [3.8, 4) is 0 Å². The standard InChI is InChI=1S/C19H29N3O4/c1-13-14(11-17(23)24)10-15(22-8-6-20-7-9-22)12-16(13)21(5)18(25)26-19(2,3)4/h10,12,20H,6-9,11H2,1-5H3,(H,23,24). The number of amides is 1. The lowest BCUT2D eigenvalue weighted by atomic mass is 10.0. The molecule has 1 amide bonds. The van der Waals surface area contributed by atoms with Crippen LogP contribution in [0.3, 0.4) is 0 Å². The Morgan fingerprint density at radius 2 is 1.88 bits per heavy atom. The summed E-state index contributed by atoms with van der Waals surface area (Å²) in [6, 6.07) is 3.86. The molecule has 0 aliphatic carbocycles. The van der Waals surface area contributed by atoms with Crippen LogP contribution in [-0.4, -0.2) is 56.0 Å². The molecule has 2 N–H and O–H groups in total. The average Bonchev–Trinajstić information content (AvgIpc) is 2.55. The molecule has 7 heteroatoms. The van der Waals surface area contributed by atoms with Gasteiger partial charge in [-0.3, -0.25) is 9.69 Å². The van der Waals surface area contributed by atoms with Gasteiger partial charge in [-0.05, 0) is 51.0 Å². The zero-order valence-electron chi connectivity index (χ0n) is 16.3. The fourth-order valence-corrected chi connectivity index (χ4v) is 2.97. The monoisotopic (exact) mass is 363 g/mol. The van der Waals surface area contributed by atoms with Crippen molar-refractivity contribution in [1.82, 2.24) is 5.32 Å². The van der Waals surface area contributed by atoms with Gasteiger partial charge < -0.3 is 20.1 Å². The summed E-state index contributed by atoms with van der Waals surface area (Å²) in [5.41, 5.74) is 2.49. The molecular weight excluding hydrogens is 334 g/mol. The summed E-state index contributed by atoms with van der Waals surface area (Å²) in [4.78, 5) is 27.4. The van der Waals surface area contributed by atoms with Crippen LogP contribution in [0.4, 0.5) is 16.2 Å². The van der Waals surface area contributed by atoms with Crippen LogP contribution in [0.2, 0.25) is 0 Å². The van der Waals surface area contributed by atoms with Crippen molar-refractivity contribution in [1.29, 1.82) is 0 Å². The van der Waals surface area contributed by atoms with E-state index in [2.05, 4.69) is 10.2 Å². The summed E-state index contributed by atoms with van der Waals surface area (Å²) in [6.07, 6.45) is -0.541. The van der Waals surface area contributed by atoms with Gasteiger partial charge in [-0.25, -0.2) is 4.79 Å². The maximum absolute atomic E-state index is 12.5. The van der Waals surface area contributed by atoms with Gasteiger partial charge in [-0.2, -0.15) is 0 Å². The number of nitrogens with zero attached hydrogens (tertiary/aromatic N) is 2. The fraction of sp³-hybridized carbons (Fsp3) is 0.579. The number of carbonyl (C=O) groups excluding carboxylic acids is 1. The molecule has 26 heavy (non-hydrogen) atoms. The molecule has 0 unspecified atom stereocenters. The minimum Gasteiger partial charge on any atom is -0.481 e. The van der Waals surface area contributed by atoms with E-state index in [0.29, 0.717) is 11.3 Å². The van der Waals surface area contributed by atoms with E-state index < -0.39 is 17.7 Å². The number of hydrogen-bond acceptors (Lipinski definition) is 5. The van der Waals surface area contributed by atoms with Crippen molar-refractivity contribution in [3.05, 3.63) is 23.3 Å². The normalized spacial score (nSPS) is 14.9. The average molecular weight is 363 g/mol. The van der Waals surface area contributed by atoms with E-state index in [1.165, 1.54) is 4.90 Å². The molecule has 0 spiro atoms. The maximum Gasteiger partial charge on any atom is 0.414 e. The van der Waals surface area contributed by atoms with Gasteiger partial charge in [0, 0.05) is 38.9 Å². The van der Waals surface area contributed by atoms with E-state index >= 15 is 0 Å². The summed E-state index contributed by atoms with van der Waals surface area (Å²) < 4.78 is 5.46. The highest BCUT2D eigenvalue weighted by Gasteiger charge is 2.24. The number of rotatable bonds is 4. The maximum atomic E-state index is 12.5. The quantitative estimate of drug-likeness (QED) is 0.855. The van der Waals surface area contributed by atoms with Gasteiger partial charge in [-0.1, -0.05) is 0 Å². The summed E-state index contributed by atoms with van der Waals surface area (Å²) >= 11 is 0. The third-order valence-electron chi connectivity index (χ3n) is 4.33. The molecular formula is C19H29N3O4. The molecule has 1 aromatic carbocycles. The topological polar surface area (TPSA) is 82.1 Å². The highest BCUT2D eigenvalue weighted by atomic mass is 16.6. The molecule has 144 valence electrons. The van der Waals surface area contributed by atoms with E-state index in [4.69, 9.17) is 4.74 Å². The molecule has 7 nitrogen and oxygen atoms in total. The van der Waals surface area contributed by atoms with Crippen LogP contribution in [0.1, 0.15) is 31.9 Å². The smallest absolute Gasteiger partial charge is 0.414 e. The van der Waals surface area contributed by atoms with Crippen LogP contribution >= 0.6 is 0 Å². The Kier molecular flexibility index (Phi) is 6.13. The molecule has 0 radical (unpaired) electrons. The van der Waals surface area contributed by atoms with Crippen LogP contribution in [0, 0.1) is 6.92 Å². The van der Waals surface area contributed by atoms with E-state index in [9.17, 15) is 14.7 Å². The van der Waals surface area contributed by atoms with Gasteiger partial charge in [0.1, 0.15) is 5.60 Å². The predicted molar refractivity (Wildman–Crippen MR) is 102 cm³/mol. The molecule has 1 aliphatic heterocycles. The molecule has 0 bridgehead atoms. The Morgan fingerprint density at radius 1 is 1.27 bits per heavy atom. The van der Waals surface area contributed by atoms with E-state index in [1.54, 1.807) is 7.05 Å². The van der Waals surface area contributed by atoms with Gasteiger partial charge in [0.05, 0.1) is 12.1 Å². The third-order valence-corrected chi connectivity index (χ3v) is 4.33. The Bertz CT molecular complexity index is 676. The number of aliphatic carboxylic acids is 1. The number of anilines is 2. The Morgan fingerprint density at radius 3 is 2.42 bits per heavy atom. The minimum atomic E-state index is -0.892. The predicted octanol–water partition coefficient (Wildman–Crippen LogP) is 2.40. The first-order chi connectivity index (χ1) is 12.1. The Labute approximate surface area is 154 Å². The summed E-state index contributed by atoms with van der Waals surface area (Å²) in [7, 11) is 1.66. The van der Waals surface area contributed by atoms with Crippen molar-refractivity contribution in [2.75, 3.05) is 43.0 Å². The van der Waals surface area contributed by atoms with Gasteiger partial charge >= 0.3 is 12.1 Å². The van der Waals surface area contributed by atoms with Crippen molar-refractivity contribution >= 4 is 23.4 Å². The number of benzene rings is 1. The lowest BCUT2D eigenvalue weighted by Gasteiger charge is -2.32. The first-order valence-corrected chi connectivity index (χ1v) is 8.86. The number of carbonyl (C=O) groups is 2. The summed E-state index contributed by atoms with van der Waals surface area (Å²) in [5, 5.41) is 12.6. The first kappa shape index (κ1) is 20.0. The lowest BCUT2D eigenvalue weighted by molar-refractivity contribution is -0.136. The molecule has 1 aromatic rings. The zero-order chi connectivity index (χ0) is 19.5. The van der Waals surface area contributed by atoms with Crippen LogP contribution in [0.5, 0.6) is 0 Å². The second kappa shape index (κ2) is 7.95. The van der Waals surface area contributed by atoms with Crippen molar-refractivity contribution in [2.45, 2.75) is 39.7 Å². The number of ether oxygens (including phenoxy) is 1. The fourth-order valence-electron chi connectivity index (χ4n) is 2.97. The number of carboxylic acids is 1. The van der Waals surface area contributed by atoms with Gasteiger partial charge in [0.15, 0.2) is 0 Å². The van der Waals surface area contributed by atoms with E-state index in [-0.39, 0.29) is 6.42 Å². The number of nitrogens with one attached hydrogen (secondary N) is 1. The largest absolute Gasteiger partial charge is 0.481 e. The van der Waals surface area contributed by atoms with Crippen molar-refractivity contribution in [3.63, 3.8) is 0 Å². The van der Waals surface area contributed by atoms with Gasteiger partial charge in [0.2, 0.25) is 0 Å². The molecule has 0 saturated carbocycles. The van der Waals surface area contributed by atoms with Crippen LogP contribution < -0.4 is 15.1 Å². The lowest BCUT2D eigenvalue weighted by Crippen LogP contribution is -2.43. The summed E-state index contributed by atoms with van der Waals surface area (Å²) in [6.45, 7) is 10.7. The number of carboxylic acid groups (broad SMARTS) is 1. The van der Waals surface area contributed by atoms with Crippen LogP contribution in [0.25, 0.3) is 0 Å². The first-order valence-electron chi connectivity index (χ1n) is 8.86. The highest BCUT2D eigenvalue weighted by Crippen LogP contribution is 2.31.